The summed E-state index contributed by atoms with van der Waals surface area (Å²) in [5, 5.41) is 13.6. The van der Waals surface area contributed by atoms with Crippen LogP contribution in [0, 0.1) is 17.2 Å². The maximum atomic E-state index is 9.15. The third kappa shape index (κ3) is 3.09. The SMILES string of the molecule is N#Cc1cccnc1NCC1CCN(c2ncnc3ccccc23)C1. The van der Waals surface area contributed by atoms with E-state index < -0.39 is 0 Å². The van der Waals surface area contributed by atoms with Crippen molar-refractivity contribution in [1.29, 1.82) is 5.26 Å². The average molecular weight is 330 g/mol. The topological polar surface area (TPSA) is 77.7 Å². The Labute approximate surface area is 146 Å². The van der Waals surface area contributed by atoms with Gasteiger partial charge in [-0.05, 0) is 36.6 Å². The maximum absolute atomic E-state index is 9.15. The third-order valence-electron chi connectivity index (χ3n) is 4.59. The van der Waals surface area contributed by atoms with Crippen LogP contribution in [0.1, 0.15) is 12.0 Å². The summed E-state index contributed by atoms with van der Waals surface area (Å²) < 4.78 is 0. The second-order valence-electron chi connectivity index (χ2n) is 6.21. The van der Waals surface area contributed by atoms with E-state index in [4.69, 9.17) is 5.26 Å². The zero-order valence-electron chi connectivity index (χ0n) is 13.8. The lowest BCUT2D eigenvalue weighted by Gasteiger charge is -2.19. The van der Waals surface area contributed by atoms with Gasteiger partial charge in [-0.2, -0.15) is 5.26 Å². The number of para-hydroxylation sites is 1. The second kappa shape index (κ2) is 6.73. The molecule has 6 heteroatoms. The Hall–Kier alpha value is -3.20. The normalized spacial score (nSPS) is 16.8. The van der Waals surface area contributed by atoms with Gasteiger partial charge in [0.1, 0.15) is 24.0 Å². The van der Waals surface area contributed by atoms with Gasteiger partial charge in [-0.1, -0.05) is 12.1 Å². The first-order valence-corrected chi connectivity index (χ1v) is 8.39. The van der Waals surface area contributed by atoms with Crippen LogP contribution >= 0.6 is 0 Å². The molecule has 1 aliphatic heterocycles. The van der Waals surface area contributed by atoms with Crippen LogP contribution in [-0.2, 0) is 0 Å². The molecule has 2 aromatic heterocycles. The highest BCUT2D eigenvalue weighted by Gasteiger charge is 2.25. The van der Waals surface area contributed by atoms with E-state index in [0.29, 0.717) is 17.3 Å². The van der Waals surface area contributed by atoms with Crippen LogP contribution in [0.15, 0.2) is 48.9 Å². The van der Waals surface area contributed by atoms with Crippen LogP contribution in [-0.4, -0.2) is 34.6 Å². The smallest absolute Gasteiger partial charge is 0.143 e. The lowest BCUT2D eigenvalue weighted by Crippen LogP contribution is -2.24. The van der Waals surface area contributed by atoms with Crippen molar-refractivity contribution in [2.45, 2.75) is 6.42 Å². The molecule has 25 heavy (non-hydrogen) atoms. The molecule has 1 unspecified atom stereocenters. The van der Waals surface area contributed by atoms with Gasteiger partial charge < -0.3 is 10.2 Å². The number of anilines is 2. The number of nitrogens with one attached hydrogen (secondary N) is 1. The van der Waals surface area contributed by atoms with Gasteiger partial charge in [-0.25, -0.2) is 15.0 Å². The molecule has 124 valence electrons. The van der Waals surface area contributed by atoms with Crippen LogP contribution < -0.4 is 10.2 Å². The Balaban J connectivity index is 1.46. The standard InChI is InChI=1S/C19H18N6/c20-10-15-4-3-8-21-18(15)22-11-14-7-9-25(12-14)19-16-5-1-2-6-17(16)23-13-24-19/h1-6,8,13-14H,7,9,11-12H2,(H,21,22). The number of benzene rings is 1. The van der Waals surface area contributed by atoms with Gasteiger partial charge in [0.15, 0.2) is 0 Å². The van der Waals surface area contributed by atoms with Crippen molar-refractivity contribution < 1.29 is 0 Å². The van der Waals surface area contributed by atoms with Crippen LogP contribution in [0.4, 0.5) is 11.6 Å². The molecule has 1 atom stereocenters. The summed E-state index contributed by atoms with van der Waals surface area (Å²) in [4.78, 5) is 15.4. The summed E-state index contributed by atoms with van der Waals surface area (Å²) in [7, 11) is 0. The molecule has 3 aromatic rings. The molecule has 0 amide bonds. The Kier molecular flexibility index (Phi) is 4.13. The molecule has 1 N–H and O–H groups in total. The zero-order chi connectivity index (χ0) is 17.1. The molecule has 0 radical (unpaired) electrons. The first kappa shape index (κ1) is 15.3. The molecule has 6 nitrogen and oxygen atoms in total. The number of rotatable bonds is 4. The van der Waals surface area contributed by atoms with Gasteiger partial charge in [0.2, 0.25) is 0 Å². The van der Waals surface area contributed by atoms with Gasteiger partial charge in [0.25, 0.3) is 0 Å². The maximum Gasteiger partial charge on any atom is 0.143 e. The van der Waals surface area contributed by atoms with Crippen molar-refractivity contribution in [3.8, 4) is 6.07 Å². The Morgan fingerprint density at radius 1 is 1.16 bits per heavy atom. The van der Waals surface area contributed by atoms with E-state index in [1.165, 1.54) is 0 Å². The highest BCUT2D eigenvalue weighted by atomic mass is 15.2. The van der Waals surface area contributed by atoms with Crippen molar-refractivity contribution in [3.05, 3.63) is 54.5 Å². The van der Waals surface area contributed by atoms with Gasteiger partial charge in [0, 0.05) is 31.2 Å². The van der Waals surface area contributed by atoms with E-state index in [0.717, 1.165) is 42.8 Å². The molecule has 1 fully saturated rings. The lowest BCUT2D eigenvalue weighted by atomic mass is 10.1. The quantitative estimate of drug-likeness (QED) is 0.792. The van der Waals surface area contributed by atoms with Gasteiger partial charge in [-0.3, -0.25) is 0 Å². The van der Waals surface area contributed by atoms with Crippen LogP contribution in [0.3, 0.4) is 0 Å². The first-order chi connectivity index (χ1) is 12.3. The number of hydrogen-bond acceptors (Lipinski definition) is 6. The second-order valence-corrected chi connectivity index (χ2v) is 6.21. The number of fused-ring (bicyclic) bond motifs is 1. The average Bonchev–Trinajstić information content (AvgIpc) is 3.15. The van der Waals surface area contributed by atoms with Crippen molar-refractivity contribution in [1.82, 2.24) is 15.0 Å². The number of nitriles is 1. The summed E-state index contributed by atoms with van der Waals surface area (Å²) >= 11 is 0. The zero-order valence-corrected chi connectivity index (χ0v) is 13.8. The van der Waals surface area contributed by atoms with E-state index in [9.17, 15) is 0 Å². The Morgan fingerprint density at radius 3 is 3.00 bits per heavy atom. The minimum atomic E-state index is 0.488. The monoisotopic (exact) mass is 330 g/mol. The van der Waals surface area contributed by atoms with E-state index in [1.807, 2.05) is 18.2 Å². The Morgan fingerprint density at radius 2 is 2.08 bits per heavy atom. The number of aromatic nitrogens is 3. The van der Waals surface area contributed by atoms with Crippen LogP contribution in [0.2, 0.25) is 0 Å². The molecule has 1 saturated heterocycles. The highest BCUT2D eigenvalue weighted by molar-refractivity contribution is 5.89. The molecule has 4 rings (SSSR count). The molecule has 1 aromatic carbocycles. The lowest BCUT2D eigenvalue weighted by molar-refractivity contribution is 0.621. The van der Waals surface area contributed by atoms with Gasteiger partial charge >= 0.3 is 0 Å². The number of nitrogens with zero attached hydrogens (tertiary/aromatic N) is 5. The molecular formula is C19H18N6. The molecule has 3 heterocycles. The Bertz CT molecular complexity index is 927. The molecule has 0 aliphatic carbocycles. The fraction of sp³-hybridized carbons (Fsp3) is 0.263. The predicted octanol–water partition coefficient (Wildman–Crippen LogP) is 2.83. The molecule has 0 bridgehead atoms. The molecular weight excluding hydrogens is 312 g/mol. The minimum absolute atomic E-state index is 0.488. The summed E-state index contributed by atoms with van der Waals surface area (Å²) in [5.74, 6) is 2.15. The third-order valence-corrected chi connectivity index (χ3v) is 4.59. The van der Waals surface area contributed by atoms with Crippen LogP contribution in [0.25, 0.3) is 10.9 Å². The summed E-state index contributed by atoms with van der Waals surface area (Å²) in [6.45, 7) is 2.70. The number of hydrogen-bond donors (Lipinski definition) is 1. The van der Waals surface area contributed by atoms with Gasteiger partial charge in [0.05, 0.1) is 11.1 Å². The summed E-state index contributed by atoms with van der Waals surface area (Å²) in [6, 6.07) is 13.8. The van der Waals surface area contributed by atoms with Gasteiger partial charge in [-0.15, -0.1) is 0 Å². The molecule has 1 aliphatic rings. The van der Waals surface area contributed by atoms with Crippen molar-refractivity contribution in [2.24, 2.45) is 5.92 Å². The van der Waals surface area contributed by atoms with Crippen LogP contribution in [0.5, 0.6) is 0 Å². The largest absolute Gasteiger partial charge is 0.369 e. The van der Waals surface area contributed by atoms with E-state index in [1.54, 1.807) is 24.7 Å². The van der Waals surface area contributed by atoms with E-state index in [-0.39, 0.29) is 0 Å². The van der Waals surface area contributed by atoms with Crippen molar-refractivity contribution in [3.63, 3.8) is 0 Å². The fourth-order valence-corrected chi connectivity index (χ4v) is 3.31. The minimum Gasteiger partial charge on any atom is -0.369 e. The first-order valence-electron chi connectivity index (χ1n) is 8.39. The van der Waals surface area contributed by atoms with Crippen molar-refractivity contribution >= 4 is 22.5 Å². The fourth-order valence-electron chi connectivity index (χ4n) is 3.31. The highest BCUT2D eigenvalue weighted by Crippen LogP contribution is 2.28. The number of pyridine rings is 1. The summed E-state index contributed by atoms with van der Waals surface area (Å²) in [5.41, 5.74) is 1.56. The molecule has 0 saturated carbocycles. The summed E-state index contributed by atoms with van der Waals surface area (Å²) in [6.07, 6.45) is 4.42. The predicted molar refractivity (Wildman–Crippen MR) is 97.3 cm³/mol. The van der Waals surface area contributed by atoms with E-state index in [2.05, 4.69) is 37.3 Å². The van der Waals surface area contributed by atoms with Crippen molar-refractivity contribution in [2.75, 3.05) is 29.9 Å². The molecule has 0 spiro atoms. The van der Waals surface area contributed by atoms with E-state index >= 15 is 0 Å².